The highest BCUT2D eigenvalue weighted by Crippen LogP contribution is 2.25. The zero-order chi connectivity index (χ0) is 20.1. The Morgan fingerprint density at radius 1 is 1.00 bits per heavy atom. The number of nitrogens with one attached hydrogen (secondary N) is 1. The third kappa shape index (κ3) is 4.97. The minimum Gasteiger partial charge on any atom is -1.00 e. The number of hydrogen-bond acceptors (Lipinski definition) is 2. The minimum atomic E-state index is -0.416. The van der Waals surface area contributed by atoms with E-state index in [1.807, 2.05) is 12.1 Å². The van der Waals surface area contributed by atoms with Crippen molar-refractivity contribution in [3.63, 3.8) is 0 Å². The number of rotatable bonds is 5. The van der Waals surface area contributed by atoms with Crippen molar-refractivity contribution in [2.24, 2.45) is 0 Å². The van der Waals surface area contributed by atoms with E-state index in [2.05, 4.69) is 76.6 Å². The average molecular weight is 465 g/mol. The first kappa shape index (κ1) is 21.8. The third-order valence-corrected chi connectivity index (χ3v) is 5.11. The lowest BCUT2D eigenvalue weighted by atomic mass is 9.91. The van der Waals surface area contributed by atoms with Gasteiger partial charge in [0.25, 0.3) is 0 Å². The van der Waals surface area contributed by atoms with Crippen LogP contribution in [0.5, 0.6) is 0 Å². The fraction of sp³-hybridized carbons (Fsp3) is 0.200. The van der Waals surface area contributed by atoms with Gasteiger partial charge in [0.05, 0.1) is 6.61 Å². The molecular weight excluding hydrogens is 440 g/mol. The molecule has 1 N–H and O–H groups in total. The van der Waals surface area contributed by atoms with Crippen LogP contribution in [0.1, 0.15) is 29.2 Å². The molecule has 0 saturated heterocycles. The summed E-state index contributed by atoms with van der Waals surface area (Å²) in [5, 5.41) is 2.81. The van der Waals surface area contributed by atoms with Crippen LogP contribution in [0.15, 0.2) is 78.9 Å². The van der Waals surface area contributed by atoms with Gasteiger partial charge in [-0.25, -0.2) is 9.37 Å². The van der Waals surface area contributed by atoms with Crippen molar-refractivity contribution < 1.29 is 31.1 Å². The number of nitrogens with zero attached hydrogens (tertiary/aromatic N) is 1. The molecule has 4 rings (SSSR count). The molecular formula is C25H25BrN2O2. The summed E-state index contributed by atoms with van der Waals surface area (Å²) < 4.78 is 7.45. The standard InChI is InChI=1S/C25H24N2O2.BrH/c1-2-29-25(28)26-22-13-14-23-21(17-22)15-16-27(18-19-9-5-3-6-10-19)24(23)20-11-7-4-8-12-20;/h3-14,17H,2,15-16,18H2,1H3;1H. The van der Waals surface area contributed by atoms with Gasteiger partial charge in [0.15, 0.2) is 6.54 Å². The summed E-state index contributed by atoms with van der Waals surface area (Å²) in [6.45, 7) is 3.95. The summed E-state index contributed by atoms with van der Waals surface area (Å²) in [7, 11) is 0. The molecule has 0 aromatic heterocycles. The molecule has 4 nitrogen and oxygen atoms in total. The Kier molecular flexibility index (Phi) is 7.41. The van der Waals surface area contributed by atoms with Crippen LogP contribution < -0.4 is 22.3 Å². The highest BCUT2D eigenvalue weighted by Gasteiger charge is 2.27. The molecule has 0 bridgehead atoms. The van der Waals surface area contributed by atoms with Crippen molar-refractivity contribution >= 4 is 17.5 Å². The number of carbonyl (C=O) groups is 1. The third-order valence-electron chi connectivity index (χ3n) is 5.11. The fourth-order valence-corrected chi connectivity index (χ4v) is 3.83. The molecule has 1 amide bonds. The zero-order valence-corrected chi connectivity index (χ0v) is 18.6. The predicted molar refractivity (Wildman–Crippen MR) is 116 cm³/mol. The summed E-state index contributed by atoms with van der Waals surface area (Å²) in [5.74, 6) is 0. The summed E-state index contributed by atoms with van der Waals surface area (Å²) in [6, 6.07) is 27.2. The molecule has 1 aliphatic heterocycles. The average Bonchev–Trinajstić information content (AvgIpc) is 2.75. The number of halogens is 1. The van der Waals surface area contributed by atoms with Crippen molar-refractivity contribution in [2.75, 3.05) is 18.5 Å². The van der Waals surface area contributed by atoms with Gasteiger partial charge in [-0.05, 0) is 42.8 Å². The van der Waals surface area contributed by atoms with Crippen LogP contribution in [0, 0.1) is 0 Å². The van der Waals surface area contributed by atoms with E-state index < -0.39 is 6.09 Å². The molecule has 0 saturated carbocycles. The van der Waals surface area contributed by atoms with Gasteiger partial charge in [-0.1, -0.05) is 48.5 Å². The van der Waals surface area contributed by atoms with Crippen molar-refractivity contribution in [2.45, 2.75) is 19.9 Å². The fourth-order valence-electron chi connectivity index (χ4n) is 3.83. The van der Waals surface area contributed by atoms with E-state index in [9.17, 15) is 4.79 Å². The largest absolute Gasteiger partial charge is 1.00 e. The molecule has 3 aromatic carbocycles. The second-order valence-electron chi connectivity index (χ2n) is 7.09. The number of carbonyl (C=O) groups excluding carboxylic acids is 1. The molecule has 5 heteroatoms. The number of fused-ring (bicyclic) bond motifs is 1. The second kappa shape index (κ2) is 10.2. The van der Waals surface area contributed by atoms with Crippen LogP contribution in [0.25, 0.3) is 0 Å². The van der Waals surface area contributed by atoms with Gasteiger partial charge in [-0.15, -0.1) is 0 Å². The maximum absolute atomic E-state index is 11.8. The van der Waals surface area contributed by atoms with E-state index >= 15 is 0 Å². The van der Waals surface area contributed by atoms with Crippen molar-refractivity contribution in [1.82, 2.24) is 0 Å². The van der Waals surface area contributed by atoms with Gasteiger partial charge in [-0.3, -0.25) is 5.32 Å². The molecule has 154 valence electrons. The Labute approximate surface area is 188 Å². The van der Waals surface area contributed by atoms with Gasteiger partial charge in [0.2, 0.25) is 5.71 Å². The van der Waals surface area contributed by atoms with Gasteiger partial charge < -0.3 is 21.7 Å². The predicted octanol–water partition coefficient (Wildman–Crippen LogP) is 1.87. The first-order valence-corrected chi connectivity index (χ1v) is 10.0. The molecule has 3 aromatic rings. The van der Waals surface area contributed by atoms with Gasteiger partial charge >= 0.3 is 6.09 Å². The van der Waals surface area contributed by atoms with Crippen molar-refractivity contribution in [1.29, 1.82) is 0 Å². The monoisotopic (exact) mass is 464 g/mol. The van der Waals surface area contributed by atoms with Crippen LogP contribution >= 0.6 is 0 Å². The molecule has 0 atom stereocenters. The number of amides is 1. The first-order valence-electron chi connectivity index (χ1n) is 10.0. The molecule has 30 heavy (non-hydrogen) atoms. The van der Waals surface area contributed by atoms with E-state index in [1.54, 1.807) is 6.92 Å². The summed E-state index contributed by atoms with van der Waals surface area (Å²) >= 11 is 0. The minimum absolute atomic E-state index is 0. The Morgan fingerprint density at radius 3 is 2.40 bits per heavy atom. The van der Waals surface area contributed by atoms with Crippen LogP contribution in [0.2, 0.25) is 0 Å². The maximum Gasteiger partial charge on any atom is 0.411 e. The van der Waals surface area contributed by atoms with Crippen LogP contribution in [-0.4, -0.2) is 29.5 Å². The Hall–Kier alpha value is -2.92. The summed E-state index contributed by atoms with van der Waals surface area (Å²) in [6.07, 6.45) is 0.512. The lowest BCUT2D eigenvalue weighted by molar-refractivity contribution is -0.544. The zero-order valence-electron chi connectivity index (χ0n) is 17.0. The second-order valence-corrected chi connectivity index (χ2v) is 7.09. The van der Waals surface area contributed by atoms with Crippen LogP contribution in [0.4, 0.5) is 10.5 Å². The number of hydrogen-bond donors (Lipinski definition) is 1. The van der Waals surface area contributed by atoms with E-state index in [4.69, 9.17) is 4.74 Å². The molecule has 0 unspecified atom stereocenters. The first-order chi connectivity index (χ1) is 14.2. The smallest absolute Gasteiger partial charge is 0.411 e. The highest BCUT2D eigenvalue weighted by atomic mass is 79.9. The Balaban J connectivity index is 0.00000256. The SMILES string of the molecule is CCOC(=O)Nc1ccc2c(c1)CC[N+](Cc1ccccc1)=C2c1ccccc1.[Br-]. The number of ether oxygens (including phenoxy) is 1. The normalized spacial score (nSPS) is 12.6. The topological polar surface area (TPSA) is 41.3 Å². The number of anilines is 1. The molecule has 0 aliphatic carbocycles. The van der Waals surface area contributed by atoms with Gasteiger partial charge in [0, 0.05) is 28.8 Å². The van der Waals surface area contributed by atoms with Gasteiger partial charge in [0.1, 0.15) is 6.54 Å². The Morgan fingerprint density at radius 2 is 1.70 bits per heavy atom. The summed E-state index contributed by atoms with van der Waals surface area (Å²) in [5.41, 5.74) is 6.96. The van der Waals surface area contributed by atoms with E-state index in [1.165, 1.54) is 28.0 Å². The Bertz CT molecular complexity index is 1030. The van der Waals surface area contributed by atoms with E-state index in [0.29, 0.717) is 6.61 Å². The lowest BCUT2D eigenvalue weighted by Crippen LogP contribution is -3.00. The quantitative estimate of drug-likeness (QED) is 0.585. The molecule has 0 fully saturated rings. The lowest BCUT2D eigenvalue weighted by Gasteiger charge is -2.20. The van der Waals surface area contributed by atoms with E-state index in [0.717, 1.165) is 25.2 Å². The van der Waals surface area contributed by atoms with E-state index in [-0.39, 0.29) is 17.0 Å². The molecule has 0 radical (unpaired) electrons. The molecule has 0 spiro atoms. The molecule has 1 aliphatic rings. The molecule has 1 heterocycles. The highest BCUT2D eigenvalue weighted by molar-refractivity contribution is 6.11. The van der Waals surface area contributed by atoms with Crippen LogP contribution in [0.3, 0.4) is 0 Å². The summed E-state index contributed by atoms with van der Waals surface area (Å²) in [4.78, 5) is 11.8. The van der Waals surface area contributed by atoms with Crippen molar-refractivity contribution in [3.8, 4) is 0 Å². The van der Waals surface area contributed by atoms with Crippen LogP contribution in [-0.2, 0) is 17.7 Å². The number of benzene rings is 3. The van der Waals surface area contributed by atoms with Crippen molar-refractivity contribution in [3.05, 3.63) is 101 Å². The van der Waals surface area contributed by atoms with Gasteiger partial charge in [-0.2, -0.15) is 0 Å². The maximum atomic E-state index is 11.8.